The van der Waals surface area contributed by atoms with E-state index in [0.29, 0.717) is 16.1 Å². The predicted octanol–water partition coefficient (Wildman–Crippen LogP) is 4.96. The molecular weight excluding hydrogens is 370 g/mol. The lowest BCUT2D eigenvalue weighted by Gasteiger charge is -2.42. The lowest BCUT2D eigenvalue weighted by atomic mass is 9.86. The number of halogens is 3. The van der Waals surface area contributed by atoms with E-state index in [-0.39, 0.29) is 5.91 Å². The van der Waals surface area contributed by atoms with Crippen molar-refractivity contribution in [1.29, 1.82) is 0 Å². The summed E-state index contributed by atoms with van der Waals surface area (Å²) < 4.78 is 27.4. The van der Waals surface area contributed by atoms with Gasteiger partial charge in [-0.15, -0.1) is 0 Å². The summed E-state index contributed by atoms with van der Waals surface area (Å²) in [4.78, 5) is 15.2. The number of likely N-dealkylation sites (tertiary alicyclic amines) is 1. The van der Waals surface area contributed by atoms with E-state index in [9.17, 15) is 13.6 Å². The molecule has 1 unspecified atom stereocenters. The Bertz CT molecular complexity index is 835. The number of nitrogens with one attached hydrogen (secondary N) is 1. The average Bonchev–Trinajstić information content (AvgIpc) is 3.18. The molecule has 1 fully saturated rings. The summed E-state index contributed by atoms with van der Waals surface area (Å²) in [6, 6.07) is 10.0. The van der Waals surface area contributed by atoms with Crippen molar-refractivity contribution < 1.29 is 13.6 Å². The van der Waals surface area contributed by atoms with Crippen LogP contribution in [0.2, 0.25) is 5.02 Å². The zero-order valence-corrected chi connectivity index (χ0v) is 16.2. The molecule has 3 nitrogen and oxygen atoms in total. The van der Waals surface area contributed by atoms with Crippen LogP contribution in [-0.4, -0.2) is 29.4 Å². The van der Waals surface area contributed by atoms with E-state index >= 15 is 0 Å². The van der Waals surface area contributed by atoms with Crippen LogP contribution in [0.3, 0.4) is 0 Å². The standard InChI is InChI=1S/C21H23ClF2N2O/c1-21(2,26-11-5-6-12-26)19(14-9-10-17(23)18(24)13-14)25-20(27)15-7-3-4-8-16(15)22/h3-4,7-10,13,19H,5-6,11-12H2,1-2H3,(H,25,27). The second-order valence-electron chi connectivity index (χ2n) is 7.41. The smallest absolute Gasteiger partial charge is 0.253 e. The Morgan fingerprint density at radius 3 is 2.41 bits per heavy atom. The van der Waals surface area contributed by atoms with Crippen molar-refractivity contribution in [2.75, 3.05) is 13.1 Å². The van der Waals surface area contributed by atoms with Gasteiger partial charge in [0.2, 0.25) is 0 Å². The first-order chi connectivity index (χ1) is 12.8. The molecule has 144 valence electrons. The highest BCUT2D eigenvalue weighted by molar-refractivity contribution is 6.33. The Labute approximate surface area is 163 Å². The van der Waals surface area contributed by atoms with Gasteiger partial charge in [-0.3, -0.25) is 9.69 Å². The van der Waals surface area contributed by atoms with Crippen LogP contribution in [-0.2, 0) is 0 Å². The molecule has 2 aromatic rings. The third-order valence-corrected chi connectivity index (χ3v) is 5.63. The van der Waals surface area contributed by atoms with E-state index < -0.39 is 23.2 Å². The molecule has 1 aliphatic rings. The maximum absolute atomic E-state index is 13.9. The topological polar surface area (TPSA) is 32.3 Å². The van der Waals surface area contributed by atoms with Gasteiger partial charge in [-0.25, -0.2) is 8.78 Å². The van der Waals surface area contributed by atoms with Gasteiger partial charge in [0.25, 0.3) is 5.91 Å². The summed E-state index contributed by atoms with van der Waals surface area (Å²) in [6.45, 7) is 5.82. The predicted molar refractivity (Wildman–Crippen MR) is 103 cm³/mol. The third-order valence-electron chi connectivity index (χ3n) is 5.30. The maximum atomic E-state index is 13.9. The van der Waals surface area contributed by atoms with E-state index in [2.05, 4.69) is 10.2 Å². The molecule has 1 heterocycles. The lowest BCUT2D eigenvalue weighted by Crippen LogP contribution is -2.52. The minimum atomic E-state index is -0.929. The molecule has 1 amide bonds. The summed E-state index contributed by atoms with van der Waals surface area (Å²) in [5, 5.41) is 3.35. The fourth-order valence-corrected chi connectivity index (χ4v) is 3.91. The largest absolute Gasteiger partial charge is 0.343 e. The highest BCUT2D eigenvalue weighted by atomic mass is 35.5. The van der Waals surface area contributed by atoms with Gasteiger partial charge in [-0.05, 0) is 69.6 Å². The van der Waals surface area contributed by atoms with Crippen LogP contribution in [0.5, 0.6) is 0 Å². The Morgan fingerprint density at radius 2 is 1.78 bits per heavy atom. The summed E-state index contributed by atoms with van der Waals surface area (Å²) in [5.41, 5.74) is 0.382. The molecule has 1 atom stereocenters. The molecule has 6 heteroatoms. The number of nitrogens with zero attached hydrogens (tertiary/aromatic N) is 1. The minimum absolute atomic E-state index is 0.345. The summed E-state index contributed by atoms with van der Waals surface area (Å²) >= 11 is 6.16. The number of benzene rings is 2. The average molecular weight is 393 g/mol. The molecule has 2 aromatic carbocycles. The molecule has 0 radical (unpaired) electrons. The molecule has 0 aromatic heterocycles. The van der Waals surface area contributed by atoms with Crippen LogP contribution in [0.15, 0.2) is 42.5 Å². The van der Waals surface area contributed by atoms with Gasteiger partial charge >= 0.3 is 0 Å². The maximum Gasteiger partial charge on any atom is 0.253 e. The Kier molecular flexibility index (Phi) is 5.82. The van der Waals surface area contributed by atoms with E-state index in [1.165, 1.54) is 6.07 Å². The number of carbonyl (C=O) groups is 1. The van der Waals surface area contributed by atoms with E-state index in [1.807, 2.05) is 13.8 Å². The first-order valence-electron chi connectivity index (χ1n) is 9.06. The van der Waals surface area contributed by atoms with Gasteiger partial charge in [-0.2, -0.15) is 0 Å². The van der Waals surface area contributed by atoms with Crippen molar-refractivity contribution in [3.8, 4) is 0 Å². The summed E-state index contributed by atoms with van der Waals surface area (Å²) in [7, 11) is 0. The van der Waals surface area contributed by atoms with Crippen LogP contribution < -0.4 is 5.32 Å². The molecule has 27 heavy (non-hydrogen) atoms. The van der Waals surface area contributed by atoms with Crippen molar-refractivity contribution in [2.45, 2.75) is 38.3 Å². The van der Waals surface area contributed by atoms with Crippen LogP contribution in [0.25, 0.3) is 0 Å². The van der Waals surface area contributed by atoms with E-state index in [4.69, 9.17) is 11.6 Å². The SMILES string of the molecule is CC(C)(C(NC(=O)c1ccccc1Cl)c1ccc(F)c(F)c1)N1CCCC1. The minimum Gasteiger partial charge on any atom is -0.343 e. The second kappa shape index (κ2) is 7.95. The molecule has 0 bridgehead atoms. The van der Waals surface area contributed by atoms with Crippen molar-refractivity contribution >= 4 is 17.5 Å². The van der Waals surface area contributed by atoms with E-state index in [0.717, 1.165) is 38.1 Å². The van der Waals surface area contributed by atoms with Gasteiger partial charge in [-0.1, -0.05) is 29.8 Å². The van der Waals surface area contributed by atoms with Gasteiger partial charge in [0.15, 0.2) is 11.6 Å². The van der Waals surface area contributed by atoms with Gasteiger partial charge < -0.3 is 5.32 Å². The number of hydrogen-bond donors (Lipinski definition) is 1. The van der Waals surface area contributed by atoms with Crippen molar-refractivity contribution in [2.24, 2.45) is 0 Å². The van der Waals surface area contributed by atoms with Crippen LogP contribution in [0, 0.1) is 11.6 Å². The van der Waals surface area contributed by atoms with E-state index in [1.54, 1.807) is 24.3 Å². The third kappa shape index (κ3) is 4.14. The molecule has 0 aliphatic carbocycles. The van der Waals surface area contributed by atoms with Crippen LogP contribution >= 0.6 is 11.6 Å². The van der Waals surface area contributed by atoms with Gasteiger partial charge in [0, 0.05) is 5.54 Å². The highest BCUT2D eigenvalue weighted by Crippen LogP contribution is 2.34. The number of carbonyl (C=O) groups excluding carboxylic acids is 1. The zero-order chi connectivity index (χ0) is 19.6. The van der Waals surface area contributed by atoms with Crippen molar-refractivity contribution in [3.05, 3.63) is 70.2 Å². The second-order valence-corrected chi connectivity index (χ2v) is 7.81. The Morgan fingerprint density at radius 1 is 1.11 bits per heavy atom. The summed E-state index contributed by atoms with van der Waals surface area (Å²) in [6.07, 6.45) is 2.15. The molecule has 0 spiro atoms. The number of amides is 1. The summed E-state index contributed by atoms with van der Waals surface area (Å²) in [5.74, 6) is -2.18. The molecule has 3 rings (SSSR count). The highest BCUT2D eigenvalue weighted by Gasteiger charge is 2.39. The number of hydrogen-bond acceptors (Lipinski definition) is 2. The molecular formula is C21H23ClF2N2O. The van der Waals surface area contributed by atoms with Crippen molar-refractivity contribution in [1.82, 2.24) is 10.2 Å². The fourth-order valence-electron chi connectivity index (χ4n) is 3.69. The van der Waals surface area contributed by atoms with Crippen LogP contribution in [0.1, 0.15) is 48.7 Å². The van der Waals surface area contributed by atoms with Crippen LogP contribution in [0.4, 0.5) is 8.78 Å². The fraction of sp³-hybridized carbons (Fsp3) is 0.381. The Hall–Kier alpha value is -1.98. The zero-order valence-electron chi connectivity index (χ0n) is 15.4. The van der Waals surface area contributed by atoms with Gasteiger partial charge in [0.1, 0.15) is 0 Å². The first kappa shape index (κ1) is 19.8. The quantitative estimate of drug-likeness (QED) is 0.779. The number of rotatable bonds is 5. The van der Waals surface area contributed by atoms with Gasteiger partial charge in [0.05, 0.1) is 16.6 Å². The lowest BCUT2D eigenvalue weighted by molar-refractivity contribution is 0.0778. The molecule has 0 saturated carbocycles. The molecule has 1 N–H and O–H groups in total. The van der Waals surface area contributed by atoms with Crippen molar-refractivity contribution in [3.63, 3.8) is 0 Å². The normalized spacial score (nSPS) is 16.3. The molecule has 1 saturated heterocycles. The monoisotopic (exact) mass is 392 g/mol. The Balaban J connectivity index is 1.97. The molecule has 1 aliphatic heterocycles. The first-order valence-corrected chi connectivity index (χ1v) is 9.44.